The number of ketones is 1. The Morgan fingerprint density at radius 2 is 2.28 bits per heavy atom. The summed E-state index contributed by atoms with van der Waals surface area (Å²) in [4.78, 5) is 11.3. The monoisotopic (exact) mass is 259 g/mol. The van der Waals surface area contributed by atoms with E-state index < -0.39 is 5.82 Å². The van der Waals surface area contributed by atoms with Crippen molar-refractivity contribution in [3.63, 3.8) is 0 Å². The summed E-state index contributed by atoms with van der Waals surface area (Å²) in [6, 6.07) is 6.35. The lowest BCUT2D eigenvalue weighted by molar-refractivity contribution is -0.113. The molecule has 0 aliphatic carbocycles. The molecule has 0 aromatic heterocycles. The number of nitrogens with zero attached hydrogens (tertiary/aromatic N) is 1. The van der Waals surface area contributed by atoms with Crippen molar-refractivity contribution in [1.82, 2.24) is 0 Å². The third kappa shape index (κ3) is 2.55. The van der Waals surface area contributed by atoms with Crippen LogP contribution < -0.4 is 0 Å². The van der Waals surface area contributed by atoms with Crippen LogP contribution in [0.1, 0.15) is 18.1 Å². The van der Waals surface area contributed by atoms with Crippen molar-refractivity contribution >= 4 is 19.9 Å². The number of carbonyl (C=O) groups excluding carboxylic acids is 1. The second-order valence-corrected chi connectivity index (χ2v) is 5.06. The predicted octanol–water partition coefficient (Wildman–Crippen LogP) is 3.25. The summed E-state index contributed by atoms with van der Waals surface area (Å²) in [6.07, 6.45) is 2.61. The Hall–Kier alpha value is -1.78. The van der Waals surface area contributed by atoms with Crippen molar-refractivity contribution in [1.29, 1.82) is 5.26 Å². The smallest absolute Gasteiger partial charge is 0.159 e. The molecule has 0 fully saturated rings. The summed E-state index contributed by atoms with van der Waals surface area (Å²) < 4.78 is 13.5. The summed E-state index contributed by atoms with van der Waals surface area (Å²) in [5.41, 5.74) is 2.41. The lowest BCUT2D eigenvalue weighted by Crippen LogP contribution is -2.00. The highest BCUT2D eigenvalue weighted by Gasteiger charge is 2.12. The molecule has 1 aliphatic rings. The Labute approximate surface area is 107 Å². The van der Waals surface area contributed by atoms with Crippen LogP contribution >= 0.6 is 8.58 Å². The van der Waals surface area contributed by atoms with E-state index in [1.54, 1.807) is 18.2 Å². The zero-order valence-corrected chi connectivity index (χ0v) is 10.8. The molecule has 2 rings (SSSR count). The first-order valence-corrected chi connectivity index (χ1v) is 6.75. The normalized spacial score (nSPS) is 15.8. The second-order valence-electron chi connectivity index (χ2n) is 4.01. The lowest BCUT2D eigenvalue weighted by Gasteiger charge is -2.13. The van der Waals surface area contributed by atoms with Crippen molar-refractivity contribution in [3.8, 4) is 6.07 Å². The maximum absolute atomic E-state index is 13.5. The molecular weight excluding hydrogens is 248 g/mol. The van der Waals surface area contributed by atoms with Crippen LogP contribution in [0.2, 0.25) is 0 Å². The van der Waals surface area contributed by atoms with Gasteiger partial charge in [-0.05, 0) is 42.4 Å². The lowest BCUT2D eigenvalue weighted by atomic mass is 10.0. The third-order valence-corrected chi connectivity index (χ3v) is 3.85. The fourth-order valence-corrected chi connectivity index (χ4v) is 2.88. The summed E-state index contributed by atoms with van der Waals surface area (Å²) in [7, 11) is 0.536. The largest absolute Gasteiger partial charge is 0.295 e. The molecule has 0 saturated carbocycles. The van der Waals surface area contributed by atoms with Crippen LogP contribution in [0, 0.1) is 17.1 Å². The van der Waals surface area contributed by atoms with Gasteiger partial charge in [0.2, 0.25) is 0 Å². The highest BCUT2D eigenvalue weighted by molar-refractivity contribution is 7.42. The molecule has 2 nitrogen and oxygen atoms in total. The average molecular weight is 259 g/mol. The zero-order chi connectivity index (χ0) is 13.1. The van der Waals surface area contributed by atoms with E-state index in [1.165, 1.54) is 19.1 Å². The summed E-state index contributed by atoms with van der Waals surface area (Å²) in [5.74, 6) is 1.43. The molecule has 4 heteroatoms. The fourth-order valence-electron chi connectivity index (χ4n) is 1.75. The van der Waals surface area contributed by atoms with Crippen LogP contribution in [0.25, 0.3) is 5.57 Å². The van der Waals surface area contributed by atoms with Crippen LogP contribution in [0.5, 0.6) is 0 Å². The molecular formula is C14H11FNOP. The van der Waals surface area contributed by atoms with Gasteiger partial charge in [0.15, 0.2) is 5.78 Å². The zero-order valence-electron chi connectivity index (χ0n) is 9.83. The minimum atomic E-state index is -0.516. The van der Waals surface area contributed by atoms with E-state index in [2.05, 4.69) is 0 Å². The number of rotatable bonds is 2. The molecule has 0 saturated heterocycles. The van der Waals surface area contributed by atoms with Gasteiger partial charge in [-0.2, -0.15) is 5.26 Å². The van der Waals surface area contributed by atoms with Crippen molar-refractivity contribution in [2.24, 2.45) is 0 Å². The molecule has 18 heavy (non-hydrogen) atoms. The van der Waals surface area contributed by atoms with Gasteiger partial charge in [-0.15, -0.1) is 0 Å². The van der Waals surface area contributed by atoms with Crippen LogP contribution in [0.3, 0.4) is 0 Å². The molecule has 0 spiro atoms. The van der Waals surface area contributed by atoms with E-state index >= 15 is 0 Å². The van der Waals surface area contributed by atoms with Gasteiger partial charge in [0.05, 0.1) is 5.56 Å². The van der Waals surface area contributed by atoms with Gasteiger partial charge in [-0.1, -0.05) is 20.5 Å². The van der Waals surface area contributed by atoms with E-state index in [9.17, 15) is 9.18 Å². The summed E-state index contributed by atoms with van der Waals surface area (Å²) in [5, 5.41) is 8.68. The molecule has 0 N–H and O–H groups in total. The van der Waals surface area contributed by atoms with E-state index in [1.807, 2.05) is 5.82 Å². The second kappa shape index (κ2) is 5.25. The number of halogens is 1. The summed E-state index contributed by atoms with van der Waals surface area (Å²) in [6.45, 7) is 1.52. The van der Waals surface area contributed by atoms with E-state index in [0.717, 1.165) is 17.3 Å². The minimum absolute atomic E-state index is 0.0221. The Kier molecular flexibility index (Phi) is 3.69. The Morgan fingerprint density at radius 3 is 2.89 bits per heavy atom. The molecule has 1 heterocycles. The quantitative estimate of drug-likeness (QED) is 0.765. The average Bonchev–Trinajstić information content (AvgIpc) is 2.38. The maximum Gasteiger partial charge on any atom is 0.159 e. The number of hydrogen-bond donors (Lipinski definition) is 0. The molecule has 0 radical (unpaired) electrons. The third-order valence-electron chi connectivity index (χ3n) is 2.75. The Bertz CT molecular complexity index is 611. The standard InChI is InChI=1S/C14H11FNOP/c1-9(17)12-4-13(8-18-7-12)10-2-3-11(6-16)14(15)5-10/h2-5,7,18H,8H2,1H3. The number of benzene rings is 1. The van der Waals surface area contributed by atoms with Crippen molar-refractivity contribution in [3.05, 3.63) is 52.6 Å². The first-order valence-electron chi connectivity index (χ1n) is 5.47. The van der Waals surface area contributed by atoms with Gasteiger partial charge in [0, 0.05) is 5.57 Å². The molecule has 1 atom stereocenters. The topological polar surface area (TPSA) is 40.9 Å². The molecule has 1 aliphatic heterocycles. The summed E-state index contributed by atoms with van der Waals surface area (Å²) >= 11 is 0. The molecule has 1 aromatic carbocycles. The van der Waals surface area contributed by atoms with Gasteiger partial charge in [-0.25, -0.2) is 4.39 Å². The number of Topliss-reactive ketones (excluding diaryl/α,β-unsaturated/α-hetero) is 1. The van der Waals surface area contributed by atoms with Gasteiger partial charge < -0.3 is 0 Å². The van der Waals surface area contributed by atoms with Crippen LogP contribution in [0.15, 0.2) is 35.7 Å². The number of carbonyl (C=O) groups is 1. The van der Waals surface area contributed by atoms with Crippen molar-refractivity contribution in [2.75, 3.05) is 6.16 Å². The molecule has 1 unspecified atom stereocenters. The van der Waals surface area contributed by atoms with Gasteiger partial charge in [0.1, 0.15) is 11.9 Å². The SMILES string of the molecule is CC(=O)C1=CPCC(c2ccc(C#N)c(F)c2)=C1. The Morgan fingerprint density at radius 1 is 1.50 bits per heavy atom. The molecule has 0 amide bonds. The van der Waals surface area contributed by atoms with Gasteiger partial charge in [-0.3, -0.25) is 4.79 Å². The van der Waals surface area contributed by atoms with Crippen molar-refractivity contribution < 1.29 is 9.18 Å². The fraction of sp³-hybridized carbons (Fsp3) is 0.143. The number of allylic oxidation sites excluding steroid dienone is 3. The highest BCUT2D eigenvalue weighted by Crippen LogP contribution is 2.32. The molecule has 1 aromatic rings. The van der Waals surface area contributed by atoms with Crippen LogP contribution in [0.4, 0.5) is 4.39 Å². The van der Waals surface area contributed by atoms with Gasteiger partial charge >= 0.3 is 0 Å². The predicted molar refractivity (Wildman–Crippen MR) is 71.0 cm³/mol. The first-order chi connectivity index (χ1) is 8.61. The van der Waals surface area contributed by atoms with E-state index in [0.29, 0.717) is 14.2 Å². The van der Waals surface area contributed by atoms with Crippen LogP contribution in [-0.2, 0) is 4.79 Å². The highest BCUT2D eigenvalue weighted by atomic mass is 31.1. The number of hydrogen-bond acceptors (Lipinski definition) is 2. The van der Waals surface area contributed by atoms with Crippen LogP contribution in [-0.4, -0.2) is 11.9 Å². The van der Waals surface area contributed by atoms with E-state index in [-0.39, 0.29) is 11.3 Å². The van der Waals surface area contributed by atoms with E-state index in [4.69, 9.17) is 5.26 Å². The molecule has 90 valence electrons. The first kappa shape index (κ1) is 12.7. The van der Waals surface area contributed by atoms with Gasteiger partial charge in [0.25, 0.3) is 0 Å². The maximum atomic E-state index is 13.5. The number of nitriles is 1. The van der Waals surface area contributed by atoms with Crippen molar-refractivity contribution in [2.45, 2.75) is 6.92 Å². The minimum Gasteiger partial charge on any atom is -0.295 e. The Balaban J connectivity index is 2.39. The molecule has 0 bridgehead atoms.